The maximum atomic E-state index is 5.79. The van der Waals surface area contributed by atoms with Crippen molar-refractivity contribution in [3.05, 3.63) is 54.4 Å². The molecule has 4 aromatic rings. The molecular weight excluding hydrogens is 262 g/mol. The topological polar surface area (TPSA) is 42.8 Å². The molecule has 0 saturated carbocycles. The molecule has 0 unspecified atom stereocenters. The van der Waals surface area contributed by atoms with Crippen LogP contribution in [0.25, 0.3) is 33.6 Å². The molecule has 0 aliphatic carbocycles. The van der Waals surface area contributed by atoms with Crippen molar-refractivity contribution in [1.82, 2.24) is 9.97 Å². The number of fused-ring (bicyclic) bond motifs is 2. The molecular formula is C17H14N3O+. The Bertz CT molecular complexity index is 939. The summed E-state index contributed by atoms with van der Waals surface area (Å²) in [6.07, 6.45) is 3.79. The maximum Gasteiger partial charge on any atom is 0.228 e. The van der Waals surface area contributed by atoms with E-state index in [2.05, 4.69) is 45.9 Å². The molecule has 0 bridgehead atoms. The zero-order valence-corrected chi connectivity index (χ0v) is 11.9. The van der Waals surface area contributed by atoms with Gasteiger partial charge in [-0.25, -0.2) is 9.55 Å². The smallest absolute Gasteiger partial charge is 0.228 e. The van der Waals surface area contributed by atoms with Gasteiger partial charge in [-0.05, 0) is 36.8 Å². The van der Waals surface area contributed by atoms with Crippen molar-refractivity contribution < 1.29 is 8.98 Å². The van der Waals surface area contributed by atoms with Gasteiger partial charge < -0.3 is 4.42 Å². The summed E-state index contributed by atoms with van der Waals surface area (Å²) >= 11 is 0. The van der Waals surface area contributed by atoms with E-state index in [9.17, 15) is 0 Å². The standard InChI is InChI=1S/C17H14N3O/c1-11-7-9-20(2)14-6-5-12(10-13(11)14)17-19-16-15(21-17)4-3-8-18-16/h3-10H,1-2H3/q+1. The van der Waals surface area contributed by atoms with E-state index in [1.807, 2.05) is 25.2 Å². The van der Waals surface area contributed by atoms with Crippen molar-refractivity contribution in [2.24, 2.45) is 7.05 Å². The van der Waals surface area contributed by atoms with E-state index in [-0.39, 0.29) is 0 Å². The predicted molar refractivity (Wildman–Crippen MR) is 80.7 cm³/mol. The molecule has 0 amide bonds. The van der Waals surface area contributed by atoms with Gasteiger partial charge in [0.15, 0.2) is 17.4 Å². The molecule has 0 N–H and O–H groups in total. The molecule has 0 fully saturated rings. The van der Waals surface area contributed by atoms with Crippen LogP contribution in [0.3, 0.4) is 0 Å². The first-order valence-electron chi connectivity index (χ1n) is 6.83. The molecule has 0 aliphatic heterocycles. The summed E-state index contributed by atoms with van der Waals surface area (Å²) in [5.74, 6) is 0.608. The second kappa shape index (κ2) is 4.38. The minimum absolute atomic E-state index is 0.608. The lowest BCUT2D eigenvalue weighted by Crippen LogP contribution is -2.28. The number of nitrogens with zero attached hydrogens (tertiary/aromatic N) is 3. The molecule has 3 aromatic heterocycles. The largest absolute Gasteiger partial charge is 0.434 e. The number of rotatable bonds is 1. The van der Waals surface area contributed by atoms with E-state index in [1.54, 1.807) is 6.20 Å². The van der Waals surface area contributed by atoms with Gasteiger partial charge in [0.2, 0.25) is 11.4 Å². The van der Waals surface area contributed by atoms with Crippen LogP contribution in [0.1, 0.15) is 5.56 Å². The summed E-state index contributed by atoms with van der Waals surface area (Å²) in [6, 6.07) is 12.1. The molecule has 4 nitrogen and oxygen atoms in total. The number of benzene rings is 1. The van der Waals surface area contributed by atoms with Crippen LogP contribution < -0.4 is 4.57 Å². The van der Waals surface area contributed by atoms with Crippen molar-refractivity contribution in [1.29, 1.82) is 0 Å². The fraction of sp³-hybridized carbons (Fsp3) is 0.118. The van der Waals surface area contributed by atoms with Crippen LogP contribution in [0.4, 0.5) is 0 Å². The Morgan fingerprint density at radius 2 is 2.05 bits per heavy atom. The third-order valence-electron chi connectivity index (χ3n) is 3.76. The Morgan fingerprint density at radius 3 is 2.90 bits per heavy atom. The van der Waals surface area contributed by atoms with Gasteiger partial charge in [0.1, 0.15) is 7.05 Å². The predicted octanol–water partition coefficient (Wildman–Crippen LogP) is 3.18. The lowest BCUT2D eigenvalue weighted by atomic mass is 10.1. The van der Waals surface area contributed by atoms with E-state index in [0.29, 0.717) is 17.1 Å². The van der Waals surface area contributed by atoms with Gasteiger partial charge in [0.25, 0.3) is 0 Å². The highest BCUT2D eigenvalue weighted by Gasteiger charge is 2.13. The molecule has 0 atom stereocenters. The molecule has 1 aromatic carbocycles. The zero-order valence-electron chi connectivity index (χ0n) is 11.9. The van der Waals surface area contributed by atoms with E-state index in [1.165, 1.54) is 16.5 Å². The molecule has 0 saturated heterocycles. The second-order valence-electron chi connectivity index (χ2n) is 5.19. The third kappa shape index (κ3) is 1.88. The monoisotopic (exact) mass is 276 g/mol. The first-order chi connectivity index (χ1) is 10.2. The number of oxazole rings is 1. The lowest BCUT2D eigenvalue weighted by Gasteiger charge is -2.02. The molecule has 4 rings (SSSR count). The van der Waals surface area contributed by atoms with Crippen LogP contribution in [-0.2, 0) is 7.05 Å². The van der Waals surface area contributed by atoms with Gasteiger partial charge in [-0.2, -0.15) is 4.98 Å². The summed E-state index contributed by atoms with van der Waals surface area (Å²) in [6.45, 7) is 2.11. The van der Waals surface area contributed by atoms with E-state index in [4.69, 9.17) is 4.42 Å². The van der Waals surface area contributed by atoms with Crippen molar-refractivity contribution >= 4 is 22.1 Å². The summed E-state index contributed by atoms with van der Waals surface area (Å²) in [4.78, 5) is 8.67. The minimum Gasteiger partial charge on any atom is -0.434 e. The van der Waals surface area contributed by atoms with Crippen LogP contribution in [-0.4, -0.2) is 9.97 Å². The Hall–Kier alpha value is -2.75. The van der Waals surface area contributed by atoms with Gasteiger partial charge >= 0.3 is 0 Å². The van der Waals surface area contributed by atoms with E-state index < -0.39 is 0 Å². The van der Waals surface area contributed by atoms with E-state index >= 15 is 0 Å². The van der Waals surface area contributed by atoms with Crippen molar-refractivity contribution in [2.75, 3.05) is 0 Å². The molecule has 102 valence electrons. The van der Waals surface area contributed by atoms with E-state index in [0.717, 1.165) is 5.56 Å². The quantitative estimate of drug-likeness (QED) is 0.501. The number of aromatic nitrogens is 3. The van der Waals surface area contributed by atoms with Gasteiger partial charge in [0, 0.05) is 23.9 Å². The second-order valence-corrected chi connectivity index (χ2v) is 5.19. The highest BCUT2D eigenvalue weighted by molar-refractivity contribution is 5.84. The summed E-state index contributed by atoms with van der Waals surface area (Å²) in [5, 5.41) is 1.20. The molecule has 21 heavy (non-hydrogen) atoms. The van der Waals surface area contributed by atoms with Crippen molar-refractivity contribution in [3.63, 3.8) is 0 Å². The average Bonchev–Trinajstić information content (AvgIpc) is 2.95. The molecule has 3 heterocycles. The number of pyridine rings is 2. The Kier molecular flexibility index (Phi) is 2.51. The summed E-state index contributed by atoms with van der Waals surface area (Å²) in [5.41, 5.74) is 4.74. The lowest BCUT2D eigenvalue weighted by molar-refractivity contribution is -0.644. The first kappa shape index (κ1) is 12.0. The minimum atomic E-state index is 0.608. The van der Waals surface area contributed by atoms with Gasteiger partial charge in [-0.1, -0.05) is 0 Å². The fourth-order valence-electron chi connectivity index (χ4n) is 2.58. The van der Waals surface area contributed by atoms with Crippen LogP contribution in [0.15, 0.2) is 53.2 Å². The number of hydrogen-bond donors (Lipinski definition) is 0. The Labute approximate surface area is 121 Å². The van der Waals surface area contributed by atoms with Crippen LogP contribution >= 0.6 is 0 Å². The number of aryl methyl sites for hydroxylation is 2. The molecule has 4 heteroatoms. The van der Waals surface area contributed by atoms with Crippen LogP contribution in [0.5, 0.6) is 0 Å². The number of hydrogen-bond acceptors (Lipinski definition) is 3. The highest BCUT2D eigenvalue weighted by Crippen LogP contribution is 2.26. The molecule has 0 aliphatic rings. The van der Waals surface area contributed by atoms with Gasteiger partial charge in [-0.15, -0.1) is 0 Å². The van der Waals surface area contributed by atoms with Gasteiger partial charge in [-0.3, -0.25) is 0 Å². The first-order valence-corrected chi connectivity index (χ1v) is 6.83. The normalized spacial score (nSPS) is 11.3. The Balaban J connectivity index is 1.96. The zero-order chi connectivity index (χ0) is 14.4. The van der Waals surface area contributed by atoms with Crippen LogP contribution in [0, 0.1) is 6.92 Å². The summed E-state index contributed by atoms with van der Waals surface area (Å²) in [7, 11) is 2.05. The van der Waals surface area contributed by atoms with Crippen LogP contribution in [0.2, 0.25) is 0 Å². The highest BCUT2D eigenvalue weighted by atomic mass is 16.3. The maximum absolute atomic E-state index is 5.79. The SMILES string of the molecule is Cc1cc[n+](C)c2ccc(-c3nc4ncccc4o3)cc12. The summed E-state index contributed by atoms with van der Waals surface area (Å²) < 4.78 is 7.90. The van der Waals surface area contributed by atoms with Crippen molar-refractivity contribution in [3.8, 4) is 11.5 Å². The average molecular weight is 276 g/mol. The van der Waals surface area contributed by atoms with Crippen molar-refractivity contribution in [2.45, 2.75) is 6.92 Å². The fourth-order valence-corrected chi connectivity index (χ4v) is 2.58. The Morgan fingerprint density at radius 1 is 1.14 bits per heavy atom. The van der Waals surface area contributed by atoms with Gasteiger partial charge in [0.05, 0.1) is 5.39 Å². The molecule has 0 spiro atoms. The molecule has 0 radical (unpaired) electrons. The third-order valence-corrected chi connectivity index (χ3v) is 3.76.